The number of hydrogen-bond acceptors (Lipinski definition) is 2. The second-order valence-corrected chi connectivity index (χ2v) is 4.94. The Hall–Kier alpha value is -0.0800. The maximum absolute atomic E-state index is 3.51. The fraction of sp³-hybridized carbons (Fsp3) is 1.00. The highest BCUT2D eigenvalue weighted by Crippen LogP contribution is 2.30. The number of nitrogens with zero attached hydrogens (tertiary/aromatic N) is 1. The molecule has 0 bridgehead atoms. The zero-order valence-corrected chi connectivity index (χ0v) is 10.2. The van der Waals surface area contributed by atoms with E-state index in [4.69, 9.17) is 0 Å². The first-order valence-corrected chi connectivity index (χ1v) is 6.11. The third-order valence-electron chi connectivity index (χ3n) is 3.04. The lowest BCUT2D eigenvalue weighted by Gasteiger charge is -2.28. The van der Waals surface area contributed by atoms with Gasteiger partial charge < -0.3 is 5.32 Å². The largest absolute Gasteiger partial charge is 0.313 e. The van der Waals surface area contributed by atoms with Gasteiger partial charge in [-0.15, -0.1) is 0 Å². The average Bonchev–Trinajstić information content (AvgIpc) is 2.93. The quantitative estimate of drug-likeness (QED) is 0.674. The van der Waals surface area contributed by atoms with Crippen LogP contribution in [0.2, 0.25) is 0 Å². The predicted octanol–water partition coefficient (Wildman–Crippen LogP) is 2.10. The molecule has 1 atom stereocenters. The van der Waals surface area contributed by atoms with Crippen LogP contribution < -0.4 is 5.32 Å². The van der Waals surface area contributed by atoms with Gasteiger partial charge in [0, 0.05) is 25.2 Å². The molecule has 0 aromatic heterocycles. The monoisotopic (exact) mass is 198 g/mol. The van der Waals surface area contributed by atoms with Gasteiger partial charge in [0.25, 0.3) is 0 Å². The number of nitrogens with one attached hydrogen (secondary N) is 1. The molecule has 0 radical (unpaired) electrons. The van der Waals surface area contributed by atoms with E-state index < -0.39 is 0 Å². The van der Waals surface area contributed by atoms with Crippen LogP contribution >= 0.6 is 0 Å². The number of hydrogen-bond donors (Lipinski definition) is 1. The summed E-state index contributed by atoms with van der Waals surface area (Å²) in [6.45, 7) is 12.7. The van der Waals surface area contributed by atoms with Crippen LogP contribution in [0.4, 0.5) is 0 Å². The maximum atomic E-state index is 3.51. The minimum atomic E-state index is 0.608. The molecule has 1 saturated carbocycles. The fourth-order valence-electron chi connectivity index (χ4n) is 1.79. The van der Waals surface area contributed by atoms with Gasteiger partial charge in [-0.3, -0.25) is 4.90 Å². The Kier molecular flexibility index (Phi) is 4.90. The van der Waals surface area contributed by atoms with Gasteiger partial charge in [-0.2, -0.15) is 0 Å². The molecule has 2 nitrogen and oxygen atoms in total. The van der Waals surface area contributed by atoms with Crippen LogP contribution in [0.3, 0.4) is 0 Å². The van der Waals surface area contributed by atoms with Gasteiger partial charge in [0.05, 0.1) is 0 Å². The van der Waals surface area contributed by atoms with E-state index in [0.717, 1.165) is 12.5 Å². The van der Waals surface area contributed by atoms with Crippen LogP contribution in [0.5, 0.6) is 0 Å². The molecule has 0 aromatic carbocycles. The van der Waals surface area contributed by atoms with Crippen molar-refractivity contribution in [3.63, 3.8) is 0 Å². The van der Waals surface area contributed by atoms with Crippen LogP contribution in [-0.2, 0) is 0 Å². The molecule has 0 saturated heterocycles. The Morgan fingerprint density at radius 1 is 1.29 bits per heavy atom. The first-order chi connectivity index (χ1) is 6.63. The van der Waals surface area contributed by atoms with Crippen LogP contribution in [0, 0.1) is 5.92 Å². The molecular weight excluding hydrogens is 172 g/mol. The number of likely N-dealkylation sites (N-methyl/N-ethyl adjacent to an activating group) is 1. The molecule has 1 aliphatic carbocycles. The van der Waals surface area contributed by atoms with Gasteiger partial charge >= 0.3 is 0 Å². The smallest absolute Gasteiger partial charge is 0.0192 e. The van der Waals surface area contributed by atoms with Gasteiger partial charge in [-0.25, -0.2) is 0 Å². The standard InChI is InChI=1S/C12H26N2/c1-5-14(9-12-6-7-12)11(4)8-13-10(2)3/h10-13H,5-9H2,1-4H3. The van der Waals surface area contributed by atoms with E-state index in [1.54, 1.807) is 0 Å². The third kappa shape index (κ3) is 4.43. The SMILES string of the molecule is CCN(CC1CC1)C(C)CNC(C)C. The Morgan fingerprint density at radius 3 is 2.36 bits per heavy atom. The molecule has 0 aliphatic heterocycles. The maximum Gasteiger partial charge on any atom is 0.0192 e. The molecule has 14 heavy (non-hydrogen) atoms. The molecule has 0 aromatic rings. The molecule has 0 spiro atoms. The highest BCUT2D eigenvalue weighted by molar-refractivity contribution is 4.80. The summed E-state index contributed by atoms with van der Waals surface area (Å²) in [5, 5.41) is 3.51. The Balaban J connectivity index is 2.19. The summed E-state index contributed by atoms with van der Waals surface area (Å²) in [5.74, 6) is 1.01. The highest BCUT2D eigenvalue weighted by Gasteiger charge is 2.25. The summed E-state index contributed by atoms with van der Waals surface area (Å²) in [7, 11) is 0. The molecule has 1 fully saturated rings. The lowest BCUT2D eigenvalue weighted by molar-refractivity contribution is 0.203. The van der Waals surface area contributed by atoms with E-state index in [2.05, 4.69) is 37.9 Å². The molecule has 0 amide bonds. The summed E-state index contributed by atoms with van der Waals surface area (Å²) >= 11 is 0. The van der Waals surface area contributed by atoms with Crippen molar-refractivity contribution < 1.29 is 0 Å². The molecule has 0 heterocycles. The molecule has 1 aliphatic rings. The Bertz CT molecular complexity index is 152. The molecule has 1 unspecified atom stereocenters. The van der Waals surface area contributed by atoms with Crippen molar-refractivity contribution in [1.29, 1.82) is 0 Å². The van der Waals surface area contributed by atoms with Crippen molar-refractivity contribution >= 4 is 0 Å². The van der Waals surface area contributed by atoms with Crippen molar-refractivity contribution in [3.8, 4) is 0 Å². The summed E-state index contributed by atoms with van der Waals surface area (Å²) in [5.41, 5.74) is 0. The summed E-state index contributed by atoms with van der Waals surface area (Å²) in [4.78, 5) is 2.60. The van der Waals surface area contributed by atoms with Gasteiger partial charge in [-0.1, -0.05) is 20.8 Å². The minimum absolute atomic E-state index is 0.608. The molecular formula is C12H26N2. The Labute approximate surface area is 89.1 Å². The van der Waals surface area contributed by atoms with Crippen LogP contribution in [0.1, 0.15) is 40.5 Å². The van der Waals surface area contributed by atoms with Crippen molar-refractivity contribution in [3.05, 3.63) is 0 Å². The highest BCUT2D eigenvalue weighted by atomic mass is 15.2. The molecule has 1 rings (SSSR count). The summed E-state index contributed by atoms with van der Waals surface area (Å²) < 4.78 is 0. The van der Waals surface area contributed by atoms with E-state index in [1.807, 2.05) is 0 Å². The van der Waals surface area contributed by atoms with E-state index in [1.165, 1.54) is 25.9 Å². The van der Waals surface area contributed by atoms with Gasteiger partial charge in [-0.05, 0) is 32.2 Å². The van der Waals surface area contributed by atoms with Crippen LogP contribution in [-0.4, -0.2) is 36.6 Å². The van der Waals surface area contributed by atoms with Crippen LogP contribution in [0.15, 0.2) is 0 Å². The van der Waals surface area contributed by atoms with Crippen molar-refractivity contribution in [2.45, 2.75) is 52.6 Å². The van der Waals surface area contributed by atoms with E-state index in [9.17, 15) is 0 Å². The normalized spacial score (nSPS) is 19.3. The van der Waals surface area contributed by atoms with Gasteiger partial charge in [0.2, 0.25) is 0 Å². The van der Waals surface area contributed by atoms with Gasteiger partial charge in [0.15, 0.2) is 0 Å². The van der Waals surface area contributed by atoms with Gasteiger partial charge in [0.1, 0.15) is 0 Å². The van der Waals surface area contributed by atoms with E-state index >= 15 is 0 Å². The van der Waals surface area contributed by atoms with Crippen molar-refractivity contribution in [2.75, 3.05) is 19.6 Å². The molecule has 2 heteroatoms. The summed E-state index contributed by atoms with van der Waals surface area (Å²) in [6.07, 6.45) is 2.92. The molecule has 1 N–H and O–H groups in total. The lowest BCUT2D eigenvalue weighted by atomic mass is 10.2. The summed E-state index contributed by atoms with van der Waals surface area (Å²) in [6, 6.07) is 1.29. The van der Waals surface area contributed by atoms with E-state index in [-0.39, 0.29) is 0 Å². The zero-order valence-electron chi connectivity index (χ0n) is 10.2. The fourth-order valence-corrected chi connectivity index (χ4v) is 1.79. The van der Waals surface area contributed by atoms with Crippen molar-refractivity contribution in [2.24, 2.45) is 5.92 Å². The first-order valence-electron chi connectivity index (χ1n) is 6.11. The average molecular weight is 198 g/mol. The predicted molar refractivity (Wildman–Crippen MR) is 62.6 cm³/mol. The topological polar surface area (TPSA) is 15.3 Å². The molecule has 84 valence electrons. The van der Waals surface area contributed by atoms with Crippen LogP contribution in [0.25, 0.3) is 0 Å². The minimum Gasteiger partial charge on any atom is -0.313 e. The third-order valence-corrected chi connectivity index (χ3v) is 3.04. The Morgan fingerprint density at radius 2 is 1.93 bits per heavy atom. The number of rotatable bonds is 7. The second kappa shape index (κ2) is 5.72. The lowest BCUT2D eigenvalue weighted by Crippen LogP contribution is -2.43. The first kappa shape index (κ1) is 12.0. The second-order valence-electron chi connectivity index (χ2n) is 4.94. The zero-order chi connectivity index (χ0) is 10.6. The van der Waals surface area contributed by atoms with Crippen molar-refractivity contribution in [1.82, 2.24) is 10.2 Å². The van der Waals surface area contributed by atoms with E-state index in [0.29, 0.717) is 12.1 Å².